The summed E-state index contributed by atoms with van der Waals surface area (Å²) in [6.45, 7) is 5.02. The number of nitro benzene ring substituents is 1. The van der Waals surface area contributed by atoms with Gasteiger partial charge >= 0.3 is 0 Å². The van der Waals surface area contributed by atoms with Crippen LogP contribution in [0.15, 0.2) is 54.6 Å². The summed E-state index contributed by atoms with van der Waals surface area (Å²) < 4.78 is 5.45. The number of methoxy groups -OCH3 is 1. The van der Waals surface area contributed by atoms with Crippen molar-refractivity contribution in [1.29, 1.82) is 0 Å². The smallest absolute Gasteiger partial charge is 0.269 e. The van der Waals surface area contributed by atoms with Crippen molar-refractivity contribution in [3.63, 3.8) is 0 Å². The normalized spacial score (nSPS) is 14.6. The molecule has 1 aliphatic rings. The molecule has 0 unspecified atom stereocenters. The van der Waals surface area contributed by atoms with Gasteiger partial charge < -0.3 is 15.0 Å². The number of anilines is 1. The third kappa shape index (κ3) is 5.81. The molecule has 0 spiro atoms. The summed E-state index contributed by atoms with van der Waals surface area (Å²) in [6, 6.07) is 14.1. The third-order valence-electron chi connectivity index (χ3n) is 5.06. The van der Waals surface area contributed by atoms with Crippen molar-refractivity contribution < 1.29 is 14.5 Å². The van der Waals surface area contributed by atoms with Crippen LogP contribution in [0.1, 0.15) is 5.56 Å². The van der Waals surface area contributed by atoms with Gasteiger partial charge in [-0.2, -0.15) is 0 Å². The SMILES string of the molecule is COc1ccccc1N1CCN(CCNC(=O)/C=C/c2ccc([N+](=O)[O-])cc2)CC1. The number of nitro groups is 1. The fourth-order valence-electron chi connectivity index (χ4n) is 3.38. The first-order chi connectivity index (χ1) is 14.6. The van der Waals surface area contributed by atoms with Crippen molar-refractivity contribution in [2.75, 3.05) is 51.3 Å². The minimum absolute atomic E-state index is 0.0300. The van der Waals surface area contributed by atoms with Gasteiger partial charge in [-0.15, -0.1) is 0 Å². The van der Waals surface area contributed by atoms with Crippen LogP contribution in [0.3, 0.4) is 0 Å². The number of hydrogen-bond acceptors (Lipinski definition) is 6. The Labute approximate surface area is 175 Å². The first-order valence-electron chi connectivity index (χ1n) is 9.87. The molecule has 158 valence electrons. The van der Waals surface area contributed by atoms with Gasteiger partial charge in [0.25, 0.3) is 5.69 Å². The van der Waals surface area contributed by atoms with Gasteiger partial charge in [-0.25, -0.2) is 0 Å². The van der Waals surface area contributed by atoms with Gasteiger partial charge in [0.1, 0.15) is 5.75 Å². The highest BCUT2D eigenvalue weighted by Gasteiger charge is 2.19. The first kappa shape index (κ1) is 21.3. The zero-order chi connectivity index (χ0) is 21.3. The summed E-state index contributed by atoms with van der Waals surface area (Å²) in [6.07, 6.45) is 3.09. The quantitative estimate of drug-likeness (QED) is 0.409. The lowest BCUT2D eigenvalue weighted by Gasteiger charge is -2.36. The molecule has 2 aromatic rings. The number of hydrogen-bond donors (Lipinski definition) is 1. The molecule has 0 bridgehead atoms. The van der Waals surface area contributed by atoms with Crippen LogP contribution in [0.5, 0.6) is 5.75 Å². The van der Waals surface area contributed by atoms with Crippen LogP contribution in [0, 0.1) is 10.1 Å². The minimum atomic E-state index is -0.448. The van der Waals surface area contributed by atoms with Crippen molar-refractivity contribution in [3.05, 3.63) is 70.3 Å². The van der Waals surface area contributed by atoms with Gasteiger partial charge in [0.15, 0.2) is 0 Å². The van der Waals surface area contributed by atoms with E-state index >= 15 is 0 Å². The number of benzene rings is 2. The number of carbonyl (C=O) groups is 1. The Bertz CT molecular complexity index is 890. The largest absolute Gasteiger partial charge is 0.495 e. The monoisotopic (exact) mass is 410 g/mol. The number of para-hydroxylation sites is 2. The Morgan fingerprint density at radius 3 is 2.50 bits per heavy atom. The molecule has 8 nitrogen and oxygen atoms in total. The van der Waals surface area contributed by atoms with Gasteiger partial charge in [0.2, 0.25) is 5.91 Å². The molecule has 0 atom stereocenters. The van der Waals surface area contributed by atoms with E-state index in [1.54, 1.807) is 25.3 Å². The molecule has 1 saturated heterocycles. The van der Waals surface area contributed by atoms with Crippen LogP contribution in [-0.2, 0) is 4.79 Å². The number of nitrogens with zero attached hydrogens (tertiary/aromatic N) is 3. The van der Waals surface area contributed by atoms with E-state index in [-0.39, 0.29) is 11.6 Å². The number of carbonyl (C=O) groups excluding carboxylic acids is 1. The number of piperazine rings is 1. The second-order valence-electron chi connectivity index (χ2n) is 6.97. The lowest BCUT2D eigenvalue weighted by molar-refractivity contribution is -0.384. The molecule has 0 radical (unpaired) electrons. The van der Waals surface area contributed by atoms with Crippen LogP contribution in [0.4, 0.5) is 11.4 Å². The highest BCUT2D eigenvalue weighted by molar-refractivity contribution is 5.91. The van der Waals surface area contributed by atoms with Gasteiger partial charge in [-0.05, 0) is 35.9 Å². The van der Waals surface area contributed by atoms with Crippen molar-refractivity contribution in [2.45, 2.75) is 0 Å². The Morgan fingerprint density at radius 2 is 1.83 bits per heavy atom. The molecule has 1 amide bonds. The summed E-state index contributed by atoms with van der Waals surface area (Å²) in [4.78, 5) is 26.8. The van der Waals surface area contributed by atoms with E-state index in [1.165, 1.54) is 18.2 Å². The standard InChI is InChI=1S/C22H26N4O4/c1-30-21-5-3-2-4-20(21)25-16-14-24(15-17-25)13-12-23-22(27)11-8-18-6-9-19(10-7-18)26(28)29/h2-11H,12-17H2,1H3,(H,23,27)/b11-8+. The molecular weight excluding hydrogens is 384 g/mol. The fraction of sp³-hybridized carbons (Fsp3) is 0.318. The summed E-state index contributed by atoms with van der Waals surface area (Å²) >= 11 is 0. The van der Waals surface area contributed by atoms with Crippen molar-refractivity contribution in [3.8, 4) is 5.75 Å². The maximum Gasteiger partial charge on any atom is 0.269 e. The molecule has 1 fully saturated rings. The van der Waals surface area contributed by atoms with Crippen molar-refractivity contribution in [1.82, 2.24) is 10.2 Å². The molecule has 0 aromatic heterocycles. The van der Waals surface area contributed by atoms with Crippen LogP contribution < -0.4 is 15.0 Å². The second kappa shape index (κ2) is 10.4. The summed E-state index contributed by atoms with van der Waals surface area (Å²) in [5.41, 5.74) is 1.88. The van der Waals surface area contributed by atoms with E-state index in [0.717, 1.165) is 49.7 Å². The molecule has 1 heterocycles. The van der Waals surface area contributed by atoms with E-state index in [2.05, 4.69) is 21.2 Å². The second-order valence-corrected chi connectivity index (χ2v) is 6.97. The maximum atomic E-state index is 12.0. The molecule has 8 heteroatoms. The van der Waals surface area contributed by atoms with E-state index < -0.39 is 4.92 Å². The molecular formula is C22H26N4O4. The summed E-state index contributed by atoms with van der Waals surface area (Å²) in [5.74, 6) is 0.707. The molecule has 0 saturated carbocycles. The number of amides is 1. The van der Waals surface area contributed by atoms with Gasteiger partial charge in [-0.1, -0.05) is 12.1 Å². The van der Waals surface area contributed by atoms with Crippen LogP contribution in [-0.4, -0.2) is 62.1 Å². The lowest BCUT2D eigenvalue weighted by atomic mass is 10.2. The maximum absolute atomic E-state index is 12.0. The minimum Gasteiger partial charge on any atom is -0.495 e. The average Bonchev–Trinajstić information content (AvgIpc) is 2.78. The topological polar surface area (TPSA) is 88.0 Å². The Morgan fingerprint density at radius 1 is 1.13 bits per heavy atom. The first-order valence-corrected chi connectivity index (χ1v) is 9.87. The van der Waals surface area contributed by atoms with E-state index in [1.807, 2.05) is 18.2 Å². The molecule has 1 N–H and O–H groups in total. The lowest BCUT2D eigenvalue weighted by Crippen LogP contribution is -2.48. The fourth-order valence-corrected chi connectivity index (χ4v) is 3.38. The molecule has 1 aliphatic heterocycles. The van der Waals surface area contributed by atoms with Crippen LogP contribution in [0.2, 0.25) is 0 Å². The highest BCUT2D eigenvalue weighted by atomic mass is 16.6. The Hall–Kier alpha value is -3.39. The van der Waals surface area contributed by atoms with E-state index in [9.17, 15) is 14.9 Å². The van der Waals surface area contributed by atoms with Crippen molar-refractivity contribution >= 4 is 23.4 Å². The molecule has 3 rings (SSSR count). The Balaban J connectivity index is 1.38. The van der Waals surface area contributed by atoms with E-state index in [0.29, 0.717) is 6.54 Å². The highest BCUT2D eigenvalue weighted by Crippen LogP contribution is 2.28. The van der Waals surface area contributed by atoms with Gasteiger partial charge in [-0.3, -0.25) is 19.8 Å². The number of rotatable bonds is 8. The predicted octanol–water partition coefficient (Wildman–Crippen LogP) is 2.56. The Kier molecular flexibility index (Phi) is 7.40. The van der Waals surface area contributed by atoms with Gasteiger partial charge in [0.05, 0.1) is 17.7 Å². The summed E-state index contributed by atoms with van der Waals surface area (Å²) in [7, 11) is 1.69. The number of ether oxygens (including phenoxy) is 1. The van der Waals surface area contributed by atoms with Crippen molar-refractivity contribution in [2.24, 2.45) is 0 Å². The molecule has 0 aliphatic carbocycles. The molecule has 2 aromatic carbocycles. The van der Waals surface area contributed by atoms with Crippen LogP contribution in [0.25, 0.3) is 6.08 Å². The van der Waals surface area contributed by atoms with Crippen LogP contribution >= 0.6 is 0 Å². The predicted molar refractivity (Wildman–Crippen MR) is 117 cm³/mol. The van der Waals surface area contributed by atoms with Gasteiger partial charge in [0, 0.05) is 57.5 Å². The number of non-ortho nitro benzene ring substituents is 1. The van der Waals surface area contributed by atoms with E-state index in [4.69, 9.17) is 4.74 Å². The molecule has 30 heavy (non-hydrogen) atoms. The zero-order valence-electron chi connectivity index (χ0n) is 17.0. The summed E-state index contributed by atoms with van der Waals surface area (Å²) in [5, 5.41) is 13.5. The number of nitrogens with one attached hydrogen (secondary N) is 1. The zero-order valence-corrected chi connectivity index (χ0v) is 17.0. The average molecular weight is 410 g/mol. The third-order valence-corrected chi connectivity index (χ3v) is 5.06.